The quantitative estimate of drug-likeness (QED) is 0.110. The summed E-state index contributed by atoms with van der Waals surface area (Å²) in [6, 6.07) is 0. The van der Waals surface area contributed by atoms with Crippen LogP contribution in [-0.2, 0) is 9.53 Å². The fraction of sp³-hybridized carbons (Fsp3) is 0.885. The highest BCUT2D eigenvalue weighted by Crippen LogP contribution is 2.18. The van der Waals surface area contributed by atoms with Crippen molar-refractivity contribution in [1.29, 1.82) is 0 Å². The molecule has 0 aliphatic heterocycles. The van der Waals surface area contributed by atoms with Gasteiger partial charge in [0.15, 0.2) is 0 Å². The molecular weight excluding hydrogens is 344 g/mol. The lowest BCUT2D eigenvalue weighted by Crippen LogP contribution is -2.06. The SMILES string of the molecule is C=C(C)C(=O)OCCCCCC(C)CCCCCCCCCCCCCCC. The van der Waals surface area contributed by atoms with Crippen LogP contribution in [0.15, 0.2) is 12.2 Å². The summed E-state index contributed by atoms with van der Waals surface area (Å²) in [7, 11) is 0. The zero-order chi connectivity index (χ0) is 20.9. The molecule has 0 radical (unpaired) electrons. The van der Waals surface area contributed by atoms with E-state index in [0.717, 1.165) is 18.8 Å². The Hall–Kier alpha value is -0.790. The molecule has 0 heterocycles. The Morgan fingerprint density at radius 1 is 0.714 bits per heavy atom. The van der Waals surface area contributed by atoms with Gasteiger partial charge < -0.3 is 4.74 Å². The summed E-state index contributed by atoms with van der Waals surface area (Å²) in [6.07, 6.45) is 24.7. The first kappa shape index (κ1) is 27.2. The molecule has 28 heavy (non-hydrogen) atoms. The molecule has 0 rings (SSSR count). The summed E-state index contributed by atoms with van der Waals surface area (Å²) in [5, 5.41) is 0. The average Bonchev–Trinajstić information content (AvgIpc) is 2.67. The normalized spacial score (nSPS) is 12.1. The van der Waals surface area contributed by atoms with E-state index in [2.05, 4.69) is 20.4 Å². The molecule has 0 aromatic carbocycles. The summed E-state index contributed by atoms with van der Waals surface area (Å²) in [4.78, 5) is 11.3. The number of unbranched alkanes of at least 4 members (excludes halogenated alkanes) is 14. The molecule has 0 spiro atoms. The summed E-state index contributed by atoms with van der Waals surface area (Å²) in [5.41, 5.74) is 0.492. The van der Waals surface area contributed by atoms with Crippen molar-refractivity contribution in [2.75, 3.05) is 6.61 Å². The van der Waals surface area contributed by atoms with E-state index in [9.17, 15) is 4.79 Å². The van der Waals surface area contributed by atoms with E-state index in [0.29, 0.717) is 12.2 Å². The van der Waals surface area contributed by atoms with Crippen LogP contribution >= 0.6 is 0 Å². The van der Waals surface area contributed by atoms with Crippen molar-refractivity contribution in [2.45, 2.75) is 136 Å². The lowest BCUT2D eigenvalue weighted by Gasteiger charge is -2.11. The molecule has 2 heteroatoms. The molecule has 0 amide bonds. The maximum Gasteiger partial charge on any atom is 0.333 e. The third kappa shape index (κ3) is 20.0. The molecule has 0 saturated heterocycles. The molecule has 0 bridgehead atoms. The minimum Gasteiger partial charge on any atom is -0.462 e. The van der Waals surface area contributed by atoms with Crippen LogP contribution in [0.2, 0.25) is 0 Å². The molecule has 1 unspecified atom stereocenters. The van der Waals surface area contributed by atoms with Crippen LogP contribution in [-0.4, -0.2) is 12.6 Å². The van der Waals surface area contributed by atoms with Gasteiger partial charge in [-0.05, 0) is 19.3 Å². The third-order valence-electron chi connectivity index (χ3n) is 5.72. The Balaban J connectivity index is 3.21. The van der Waals surface area contributed by atoms with Crippen LogP contribution in [0, 0.1) is 5.92 Å². The summed E-state index contributed by atoms with van der Waals surface area (Å²) in [6.45, 7) is 10.5. The first-order valence-corrected chi connectivity index (χ1v) is 12.4. The minimum absolute atomic E-state index is 0.254. The Bertz CT molecular complexity index is 361. The van der Waals surface area contributed by atoms with Gasteiger partial charge in [0.1, 0.15) is 0 Å². The van der Waals surface area contributed by atoms with E-state index in [1.54, 1.807) is 6.92 Å². The van der Waals surface area contributed by atoms with Gasteiger partial charge in [-0.15, -0.1) is 0 Å². The monoisotopic (exact) mass is 394 g/mol. The second-order valence-corrected chi connectivity index (χ2v) is 8.90. The Labute approximate surface area is 176 Å². The molecule has 166 valence electrons. The van der Waals surface area contributed by atoms with E-state index >= 15 is 0 Å². The molecular formula is C26H50O2. The highest BCUT2D eigenvalue weighted by Gasteiger charge is 2.04. The average molecular weight is 395 g/mol. The van der Waals surface area contributed by atoms with Crippen molar-refractivity contribution in [1.82, 2.24) is 0 Å². The van der Waals surface area contributed by atoms with Gasteiger partial charge in [-0.1, -0.05) is 130 Å². The van der Waals surface area contributed by atoms with E-state index in [4.69, 9.17) is 4.74 Å². The highest BCUT2D eigenvalue weighted by molar-refractivity contribution is 5.86. The van der Waals surface area contributed by atoms with Crippen molar-refractivity contribution in [3.63, 3.8) is 0 Å². The van der Waals surface area contributed by atoms with Crippen LogP contribution in [0.1, 0.15) is 136 Å². The molecule has 0 aliphatic rings. The van der Waals surface area contributed by atoms with Crippen LogP contribution in [0.25, 0.3) is 0 Å². The molecule has 0 aliphatic carbocycles. The standard InChI is InChI=1S/C26H50O2/c1-5-6-7-8-9-10-11-12-13-14-15-16-18-21-25(4)22-19-17-20-23-28-26(27)24(2)3/h25H,2,5-23H2,1,3-4H3. The van der Waals surface area contributed by atoms with Gasteiger partial charge in [-0.2, -0.15) is 0 Å². The van der Waals surface area contributed by atoms with Gasteiger partial charge in [0.05, 0.1) is 6.61 Å². The highest BCUT2D eigenvalue weighted by atomic mass is 16.5. The van der Waals surface area contributed by atoms with Crippen molar-refractivity contribution in [3.8, 4) is 0 Å². The topological polar surface area (TPSA) is 26.3 Å². The summed E-state index contributed by atoms with van der Waals surface area (Å²) in [5.74, 6) is 0.585. The van der Waals surface area contributed by atoms with Crippen molar-refractivity contribution in [3.05, 3.63) is 12.2 Å². The minimum atomic E-state index is -0.254. The second-order valence-electron chi connectivity index (χ2n) is 8.90. The smallest absolute Gasteiger partial charge is 0.333 e. The Morgan fingerprint density at radius 2 is 1.11 bits per heavy atom. The Morgan fingerprint density at radius 3 is 1.54 bits per heavy atom. The second kappa shape index (κ2) is 20.9. The molecule has 0 N–H and O–H groups in total. The molecule has 0 fully saturated rings. The Kier molecular flexibility index (Phi) is 20.3. The van der Waals surface area contributed by atoms with Crippen molar-refractivity contribution >= 4 is 5.97 Å². The molecule has 0 aromatic heterocycles. The maximum atomic E-state index is 11.3. The number of rotatable bonds is 21. The predicted molar refractivity (Wildman–Crippen MR) is 124 cm³/mol. The largest absolute Gasteiger partial charge is 0.462 e. The number of hydrogen-bond donors (Lipinski definition) is 0. The number of hydrogen-bond acceptors (Lipinski definition) is 2. The van der Waals surface area contributed by atoms with Gasteiger partial charge >= 0.3 is 5.97 Å². The van der Waals surface area contributed by atoms with Crippen LogP contribution < -0.4 is 0 Å². The van der Waals surface area contributed by atoms with Crippen LogP contribution in [0.3, 0.4) is 0 Å². The van der Waals surface area contributed by atoms with Crippen LogP contribution in [0.4, 0.5) is 0 Å². The lowest BCUT2D eigenvalue weighted by molar-refractivity contribution is -0.139. The van der Waals surface area contributed by atoms with Crippen molar-refractivity contribution in [2.24, 2.45) is 5.92 Å². The first-order valence-electron chi connectivity index (χ1n) is 12.4. The molecule has 1 atom stereocenters. The number of ether oxygens (including phenoxy) is 1. The molecule has 0 aromatic rings. The third-order valence-corrected chi connectivity index (χ3v) is 5.72. The van der Waals surface area contributed by atoms with E-state index in [-0.39, 0.29) is 5.97 Å². The zero-order valence-corrected chi connectivity index (χ0v) is 19.5. The lowest BCUT2D eigenvalue weighted by atomic mass is 9.96. The zero-order valence-electron chi connectivity index (χ0n) is 19.5. The molecule has 0 saturated carbocycles. The predicted octanol–water partition coefficient (Wildman–Crippen LogP) is 8.78. The fourth-order valence-corrected chi connectivity index (χ4v) is 3.71. The first-order chi connectivity index (χ1) is 13.6. The van der Waals surface area contributed by atoms with Crippen LogP contribution in [0.5, 0.6) is 0 Å². The number of carbonyl (C=O) groups is 1. The van der Waals surface area contributed by atoms with E-state index in [1.165, 1.54) is 103 Å². The maximum absolute atomic E-state index is 11.3. The van der Waals surface area contributed by atoms with E-state index < -0.39 is 0 Å². The van der Waals surface area contributed by atoms with Gasteiger partial charge in [-0.25, -0.2) is 4.79 Å². The van der Waals surface area contributed by atoms with Crippen molar-refractivity contribution < 1.29 is 9.53 Å². The fourth-order valence-electron chi connectivity index (χ4n) is 3.71. The number of esters is 1. The summed E-state index contributed by atoms with van der Waals surface area (Å²) < 4.78 is 5.12. The van der Waals surface area contributed by atoms with E-state index in [1.807, 2.05) is 0 Å². The summed E-state index contributed by atoms with van der Waals surface area (Å²) >= 11 is 0. The van der Waals surface area contributed by atoms with Gasteiger partial charge in [0, 0.05) is 5.57 Å². The van der Waals surface area contributed by atoms with Gasteiger partial charge in [0.25, 0.3) is 0 Å². The van der Waals surface area contributed by atoms with Gasteiger partial charge in [0.2, 0.25) is 0 Å². The molecule has 2 nitrogen and oxygen atoms in total. The number of carbonyl (C=O) groups excluding carboxylic acids is 1. The van der Waals surface area contributed by atoms with Gasteiger partial charge in [-0.3, -0.25) is 0 Å².